The van der Waals surface area contributed by atoms with Gasteiger partial charge in [-0.05, 0) is 24.1 Å². The first-order valence-corrected chi connectivity index (χ1v) is 6.34. The number of aliphatic carboxylic acids is 1. The zero-order valence-corrected chi connectivity index (χ0v) is 11.4. The van der Waals surface area contributed by atoms with E-state index < -0.39 is 5.97 Å². The molecule has 1 aromatic rings. The van der Waals surface area contributed by atoms with Crippen molar-refractivity contribution in [1.82, 2.24) is 0 Å². The van der Waals surface area contributed by atoms with Crippen LogP contribution in [0.1, 0.15) is 18.9 Å². The Labute approximate surface area is 113 Å². The summed E-state index contributed by atoms with van der Waals surface area (Å²) in [6.45, 7) is 1.85. The van der Waals surface area contributed by atoms with Crippen molar-refractivity contribution in [3.8, 4) is 5.75 Å². The van der Waals surface area contributed by atoms with E-state index in [0.29, 0.717) is 12.0 Å². The Morgan fingerprint density at radius 1 is 1.44 bits per heavy atom. The molecule has 0 spiro atoms. The molecular formula is C12H14BrNO4. The van der Waals surface area contributed by atoms with E-state index in [-0.39, 0.29) is 28.6 Å². The molecule has 0 fully saturated rings. The lowest BCUT2D eigenvalue weighted by Crippen LogP contribution is -2.22. The number of carbonyl (C=O) groups is 2. The van der Waals surface area contributed by atoms with Gasteiger partial charge < -0.3 is 15.5 Å². The van der Waals surface area contributed by atoms with Crippen molar-refractivity contribution in [1.29, 1.82) is 0 Å². The fraction of sp³-hybridized carbons (Fsp3) is 0.333. The second-order valence-electron chi connectivity index (χ2n) is 3.79. The van der Waals surface area contributed by atoms with Gasteiger partial charge in [-0.3, -0.25) is 9.59 Å². The topological polar surface area (TPSA) is 86.6 Å². The summed E-state index contributed by atoms with van der Waals surface area (Å²) in [5.74, 6) is -1.33. The number of phenols is 1. The number of hydrogen-bond acceptors (Lipinski definition) is 3. The maximum atomic E-state index is 11.6. The van der Waals surface area contributed by atoms with E-state index in [1.165, 1.54) is 18.2 Å². The molecule has 0 bridgehead atoms. The molecule has 0 aliphatic heterocycles. The highest BCUT2D eigenvalue weighted by Gasteiger charge is 2.14. The lowest BCUT2D eigenvalue weighted by Gasteiger charge is -2.11. The van der Waals surface area contributed by atoms with Crippen LogP contribution in [0.15, 0.2) is 18.2 Å². The van der Waals surface area contributed by atoms with E-state index in [1.54, 1.807) is 0 Å². The van der Waals surface area contributed by atoms with Gasteiger partial charge in [0.15, 0.2) is 0 Å². The van der Waals surface area contributed by atoms with Crippen LogP contribution in [-0.4, -0.2) is 26.9 Å². The third-order valence-corrected chi connectivity index (χ3v) is 3.38. The first-order chi connectivity index (χ1) is 8.43. The van der Waals surface area contributed by atoms with Crippen molar-refractivity contribution < 1.29 is 19.8 Å². The molecule has 98 valence electrons. The third-order valence-electron chi connectivity index (χ3n) is 2.32. The highest BCUT2D eigenvalue weighted by molar-refractivity contribution is 9.10. The van der Waals surface area contributed by atoms with E-state index >= 15 is 0 Å². The minimum absolute atomic E-state index is 0.0895. The average molecular weight is 316 g/mol. The summed E-state index contributed by atoms with van der Waals surface area (Å²) in [5.41, 5.74) is 0.731. The normalized spacial score (nSPS) is 11.9. The Balaban J connectivity index is 2.87. The molecule has 3 N–H and O–H groups in total. The van der Waals surface area contributed by atoms with Gasteiger partial charge >= 0.3 is 5.97 Å². The minimum Gasteiger partial charge on any atom is -0.506 e. The van der Waals surface area contributed by atoms with Gasteiger partial charge in [-0.2, -0.15) is 0 Å². The number of anilines is 1. The molecule has 0 saturated heterocycles. The Hall–Kier alpha value is -1.56. The number of alkyl halides is 1. The molecule has 0 aliphatic carbocycles. The maximum Gasteiger partial charge on any atom is 0.307 e. The van der Waals surface area contributed by atoms with Gasteiger partial charge in [-0.1, -0.05) is 28.9 Å². The zero-order valence-electron chi connectivity index (χ0n) is 9.81. The number of carbonyl (C=O) groups excluding carboxylic acids is 1. The molecule has 1 amide bonds. The quantitative estimate of drug-likeness (QED) is 0.574. The number of rotatable bonds is 5. The number of amides is 1. The summed E-state index contributed by atoms with van der Waals surface area (Å²) in [5, 5.41) is 20.8. The summed E-state index contributed by atoms with van der Waals surface area (Å²) in [4.78, 5) is 21.9. The number of carboxylic acid groups (broad SMARTS) is 1. The molecule has 1 rings (SSSR count). The van der Waals surface area contributed by atoms with Crippen LogP contribution in [0.25, 0.3) is 0 Å². The van der Waals surface area contributed by atoms with Crippen LogP contribution in [0.3, 0.4) is 0 Å². The number of halogens is 1. The molecule has 1 aromatic carbocycles. The molecule has 5 nitrogen and oxygen atoms in total. The van der Waals surface area contributed by atoms with E-state index in [9.17, 15) is 14.7 Å². The Morgan fingerprint density at radius 3 is 2.67 bits per heavy atom. The van der Waals surface area contributed by atoms with Crippen molar-refractivity contribution in [2.24, 2.45) is 0 Å². The van der Waals surface area contributed by atoms with Gasteiger partial charge in [0.05, 0.1) is 16.9 Å². The minimum atomic E-state index is -0.968. The van der Waals surface area contributed by atoms with Crippen molar-refractivity contribution in [2.45, 2.75) is 24.6 Å². The fourth-order valence-electron chi connectivity index (χ4n) is 1.36. The summed E-state index contributed by atoms with van der Waals surface area (Å²) in [7, 11) is 0. The van der Waals surface area contributed by atoms with Crippen LogP contribution in [0.2, 0.25) is 0 Å². The van der Waals surface area contributed by atoms with Gasteiger partial charge in [-0.25, -0.2) is 0 Å². The van der Waals surface area contributed by atoms with E-state index in [4.69, 9.17) is 5.11 Å². The molecule has 6 heteroatoms. The van der Waals surface area contributed by atoms with Crippen LogP contribution in [-0.2, 0) is 16.0 Å². The predicted molar refractivity (Wildman–Crippen MR) is 71.1 cm³/mol. The van der Waals surface area contributed by atoms with Crippen molar-refractivity contribution >= 4 is 33.5 Å². The lowest BCUT2D eigenvalue weighted by molar-refractivity contribution is -0.136. The summed E-state index contributed by atoms with van der Waals surface area (Å²) >= 11 is 3.20. The second kappa shape index (κ2) is 6.39. The van der Waals surface area contributed by atoms with Crippen molar-refractivity contribution in [3.05, 3.63) is 23.8 Å². The van der Waals surface area contributed by atoms with Crippen molar-refractivity contribution in [2.75, 3.05) is 5.32 Å². The van der Waals surface area contributed by atoms with Gasteiger partial charge in [0.25, 0.3) is 0 Å². The second-order valence-corrected chi connectivity index (χ2v) is 4.89. The molecule has 18 heavy (non-hydrogen) atoms. The van der Waals surface area contributed by atoms with E-state index in [2.05, 4.69) is 21.2 Å². The highest BCUT2D eigenvalue weighted by atomic mass is 79.9. The Bertz CT molecular complexity index is 461. The number of phenolic OH excluding ortho intramolecular Hbond substituents is 1. The van der Waals surface area contributed by atoms with Gasteiger partial charge in [-0.15, -0.1) is 0 Å². The van der Waals surface area contributed by atoms with Crippen LogP contribution < -0.4 is 5.32 Å². The third kappa shape index (κ3) is 4.03. The van der Waals surface area contributed by atoms with Crippen molar-refractivity contribution in [3.63, 3.8) is 0 Å². The number of nitrogens with one attached hydrogen (secondary N) is 1. The van der Waals surface area contributed by atoms with E-state index in [0.717, 1.165) is 0 Å². The van der Waals surface area contributed by atoms with Crippen LogP contribution >= 0.6 is 15.9 Å². The number of carboxylic acids is 1. The smallest absolute Gasteiger partial charge is 0.307 e. The molecule has 0 saturated carbocycles. The number of benzene rings is 1. The lowest BCUT2D eigenvalue weighted by atomic mass is 10.1. The Kier molecular flexibility index (Phi) is 5.15. The average Bonchev–Trinajstić information content (AvgIpc) is 2.31. The summed E-state index contributed by atoms with van der Waals surface area (Å²) < 4.78 is 0. The molecule has 1 atom stereocenters. The molecular weight excluding hydrogens is 302 g/mol. The van der Waals surface area contributed by atoms with Crippen LogP contribution in [0.5, 0.6) is 5.75 Å². The maximum absolute atomic E-state index is 11.6. The molecule has 0 aromatic heterocycles. The largest absolute Gasteiger partial charge is 0.506 e. The molecule has 1 unspecified atom stereocenters. The molecule has 0 radical (unpaired) electrons. The predicted octanol–water partition coefficient (Wildman–Crippen LogP) is 2.13. The fourth-order valence-corrected chi connectivity index (χ4v) is 1.48. The van der Waals surface area contributed by atoms with Gasteiger partial charge in [0, 0.05) is 0 Å². The standard InChI is InChI=1S/C12H14BrNO4/c1-2-8(13)12(18)14-9-5-7(6-11(16)17)3-4-10(9)15/h3-5,8,15H,2,6H2,1H3,(H,14,18)(H,16,17). The van der Waals surface area contributed by atoms with Gasteiger partial charge in [0.1, 0.15) is 5.75 Å². The molecule has 0 heterocycles. The molecule has 0 aliphatic rings. The number of hydrogen-bond donors (Lipinski definition) is 3. The zero-order chi connectivity index (χ0) is 13.7. The monoisotopic (exact) mass is 315 g/mol. The summed E-state index contributed by atoms with van der Waals surface area (Å²) in [6, 6.07) is 4.32. The highest BCUT2D eigenvalue weighted by Crippen LogP contribution is 2.25. The first-order valence-electron chi connectivity index (χ1n) is 5.42. The number of aromatic hydroxyl groups is 1. The van der Waals surface area contributed by atoms with Crippen LogP contribution in [0, 0.1) is 0 Å². The van der Waals surface area contributed by atoms with E-state index in [1.807, 2.05) is 6.92 Å². The summed E-state index contributed by atoms with van der Waals surface area (Å²) in [6.07, 6.45) is 0.454. The SMILES string of the molecule is CCC(Br)C(=O)Nc1cc(CC(=O)O)ccc1O. The Morgan fingerprint density at radius 2 is 2.11 bits per heavy atom. The van der Waals surface area contributed by atoms with Gasteiger partial charge in [0.2, 0.25) is 5.91 Å². The van der Waals surface area contributed by atoms with Crippen LogP contribution in [0.4, 0.5) is 5.69 Å². The first kappa shape index (κ1) is 14.5.